The maximum atomic E-state index is 5.40. The first-order valence-corrected chi connectivity index (χ1v) is 6.99. The van der Waals surface area contributed by atoms with Gasteiger partial charge in [-0.25, -0.2) is 0 Å². The van der Waals surface area contributed by atoms with Crippen LogP contribution in [0.25, 0.3) is 0 Å². The molecule has 0 fully saturated rings. The van der Waals surface area contributed by atoms with Crippen molar-refractivity contribution in [3.8, 4) is 0 Å². The second-order valence-corrected chi connectivity index (χ2v) is 4.35. The van der Waals surface area contributed by atoms with Crippen LogP contribution in [0, 0.1) is 0 Å². The Morgan fingerprint density at radius 2 is 2.60 bits per heavy atom. The average molecular weight is 195 g/mol. The molecule has 0 aromatic carbocycles. The van der Waals surface area contributed by atoms with Gasteiger partial charge in [0.15, 0.2) is 0 Å². The second kappa shape index (κ2) is 4.83. The molecule has 0 bridgehead atoms. The molecule has 0 spiro atoms. The Morgan fingerprint density at radius 1 is 2.00 bits per heavy atom. The quantitative estimate of drug-likeness (QED) is 0.462. The molecular formula is C3H5ClSn+2. The average Bonchev–Trinajstić information content (AvgIpc) is 1.41. The summed E-state index contributed by atoms with van der Waals surface area (Å²) in [7, 11) is 5.40. The van der Waals surface area contributed by atoms with E-state index >= 15 is 0 Å². The molecule has 0 atom stereocenters. The Morgan fingerprint density at radius 3 is 2.60 bits per heavy atom. The van der Waals surface area contributed by atoms with Crippen LogP contribution in [0.15, 0.2) is 12.7 Å². The molecule has 0 amide bonds. The molecule has 0 unspecified atom stereocenters. The monoisotopic (exact) mass is 196 g/mol. The summed E-state index contributed by atoms with van der Waals surface area (Å²) < 4.78 is 1.09. The van der Waals surface area contributed by atoms with Gasteiger partial charge in [-0.1, -0.05) is 0 Å². The van der Waals surface area contributed by atoms with Gasteiger partial charge in [-0.3, -0.25) is 0 Å². The molecule has 0 saturated carbocycles. The van der Waals surface area contributed by atoms with E-state index in [1.165, 1.54) is 0 Å². The van der Waals surface area contributed by atoms with Crippen LogP contribution < -0.4 is 0 Å². The number of rotatable bonds is 2. The number of halogens is 1. The molecule has 0 aliphatic carbocycles. The molecule has 0 saturated heterocycles. The van der Waals surface area contributed by atoms with Crippen molar-refractivity contribution in [2.75, 3.05) is 0 Å². The van der Waals surface area contributed by atoms with Crippen molar-refractivity contribution < 1.29 is 0 Å². The third kappa shape index (κ3) is 4.83. The first kappa shape index (κ1) is 5.83. The SMILES string of the molecule is C=C[CH2][Sn+2][Cl]. The van der Waals surface area contributed by atoms with Gasteiger partial charge in [0.05, 0.1) is 0 Å². The molecule has 0 rings (SSSR count). The molecule has 0 aromatic rings. The minimum absolute atomic E-state index is 0.440. The number of hydrogen-bond acceptors (Lipinski definition) is 0. The van der Waals surface area contributed by atoms with Gasteiger partial charge in [0.25, 0.3) is 0 Å². The molecule has 0 aromatic heterocycles. The van der Waals surface area contributed by atoms with Crippen molar-refractivity contribution in [3.63, 3.8) is 0 Å². The van der Waals surface area contributed by atoms with E-state index in [-0.39, 0.29) is 0 Å². The summed E-state index contributed by atoms with van der Waals surface area (Å²) in [6, 6.07) is 0. The molecule has 0 radical (unpaired) electrons. The fourth-order valence-corrected chi connectivity index (χ4v) is 1.10. The topological polar surface area (TPSA) is 0 Å². The minimum atomic E-state index is -0.440. The van der Waals surface area contributed by atoms with E-state index in [0.29, 0.717) is 0 Å². The van der Waals surface area contributed by atoms with Gasteiger partial charge in [0.1, 0.15) is 0 Å². The molecule has 0 heterocycles. The Kier molecular flexibility index (Phi) is 5.63. The zero-order valence-corrected chi connectivity index (χ0v) is 6.48. The van der Waals surface area contributed by atoms with Crippen molar-refractivity contribution in [1.82, 2.24) is 0 Å². The third-order valence-electron chi connectivity index (χ3n) is 0.221. The third-order valence-corrected chi connectivity index (χ3v) is 2.52. The molecule has 0 aliphatic rings. The summed E-state index contributed by atoms with van der Waals surface area (Å²) in [4.78, 5) is 0. The van der Waals surface area contributed by atoms with E-state index in [0.717, 1.165) is 4.44 Å². The van der Waals surface area contributed by atoms with Gasteiger partial charge in [-0.15, -0.1) is 0 Å². The molecule has 2 heteroatoms. The van der Waals surface area contributed by atoms with E-state index in [2.05, 4.69) is 6.58 Å². The summed E-state index contributed by atoms with van der Waals surface area (Å²) in [6.07, 6.45) is 1.87. The number of allylic oxidation sites excluding steroid dienone is 1. The van der Waals surface area contributed by atoms with Crippen LogP contribution in [0.2, 0.25) is 4.44 Å². The van der Waals surface area contributed by atoms with Crippen LogP contribution >= 0.6 is 8.92 Å². The van der Waals surface area contributed by atoms with Gasteiger partial charge >= 0.3 is 46.0 Å². The summed E-state index contributed by atoms with van der Waals surface area (Å²) in [5.41, 5.74) is 0. The fourth-order valence-electron chi connectivity index (χ4n) is 0.0546. The van der Waals surface area contributed by atoms with Gasteiger partial charge in [-0.05, 0) is 0 Å². The van der Waals surface area contributed by atoms with Crippen LogP contribution in [0.1, 0.15) is 0 Å². The van der Waals surface area contributed by atoms with E-state index in [9.17, 15) is 0 Å². The molecule has 0 nitrogen and oxygen atoms in total. The van der Waals surface area contributed by atoms with Gasteiger partial charge in [0, 0.05) is 0 Å². The zero-order valence-electron chi connectivity index (χ0n) is 2.87. The predicted octanol–water partition coefficient (Wildman–Crippen LogP) is 1.45. The summed E-state index contributed by atoms with van der Waals surface area (Å²) in [5, 5.41) is 0. The van der Waals surface area contributed by atoms with Crippen LogP contribution in [0.5, 0.6) is 0 Å². The Bertz CT molecular complexity index is 28.1. The summed E-state index contributed by atoms with van der Waals surface area (Å²) >= 11 is -0.440. The number of hydrogen-bond donors (Lipinski definition) is 0. The standard InChI is InChI=1S/C3H5.ClH.Sn/c1-3-2;;/h3H,1-2H2;1H;/q;;+3/p-1. The van der Waals surface area contributed by atoms with Crippen molar-refractivity contribution in [2.45, 2.75) is 4.44 Å². The molecular weight excluding hydrogens is 190 g/mol. The van der Waals surface area contributed by atoms with Gasteiger partial charge in [0.2, 0.25) is 0 Å². The Labute approximate surface area is 46.1 Å². The van der Waals surface area contributed by atoms with E-state index in [4.69, 9.17) is 8.92 Å². The van der Waals surface area contributed by atoms with Gasteiger partial charge in [-0.2, -0.15) is 0 Å². The van der Waals surface area contributed by atoms with Gasteiger partial charge < -0.3 is 0 Å². The molecule has 26 valence electrons. The van der Waals surface area contributed by atoms with Crippen molar-refractivity contribution in [1.29, 1.82) is 0 Å². The van der Waals surface area contributed by atoms with Crippen LogP contribution in [0.4, 0.5) is 0 Å². The normalized spacial score (nSPS) is 5.80. The Balaban J connectivity index is 2.40. The van der Waals surface area contributed by atoms with Crippen LogP contribution in [-0.4, -0.2) is 20.0 Å². The van der Waals surface area contributed by atoms with Crippen molar-refractivity contribution in [2.24, 2.45) is 0 Å². The van der Waals surface area contributed by atoms with E-state index in [1.807, 2.05) is 6.08 Å². The molecule has 5 heavy (non-hydrogen) atoms. The summed E-state index contributed by atoms with van der Waals surface area (Å²) in [6.45, 7) is 3.51. The first-order chi connectivity index (χ1) is 2.41. The summed E-state index contributed by atoms with van der Waals surface area (Å²) in [5.74, 6) is 0. The van der Waals surface area contributed by atoms with Crippen molar-refractivity contribution >= 4 is 28.9 Å². The second-order valence-electron chi connectivity index (χ2n) is 0.626. The van der Waals surface area contributed by atoms with E-state index in [1.54, 1.807) is 0 Å². The predicted molar refractivity (Wildman–Crippen MR) is 26.6 cm³/mol. The fraction of sp³-hybridized carbons (Fsp3) is 0.333. The molecule has 0 aliphatic heterocycles. The van der Waals surface area contributed by atoms with E-state index < -0.39 is 20.0 Å². The Hall–Kier alpha value is 0.829. The zero-order chi connectivity index (χ0) is 4.12. The van der Waals surface area contributed by atoms with Crippen LogP contribution in [0.3, 0.4) is 0 Å². The maximum absolute atomic E-state index is 5.40. The van der Waals surface area contributed by atoms with Crippen LogP contribution in [-0.2, 0) is 0 Å². The van der Waals surface area contributed by atoms with Crippen molar-refractivity contribution in [3.05, 3.63) is 12.7 Å². The first-order valence-electron chi connectivity index (χ1n) is 1.36. The molecule has 0 N–H and O–H groups in total.